The Morgan fingerprint density at radius 3 is 2.27 bits per heavy atom. The van der Waals surface area contributed by atoms with Gasteiger partial charge >= 0.3 is 0 Å². The fourth-order valence-electron chi connectivity index (χ4n) is 1.40. The number of carbonyl (C=O) groups is 1. The third-order valence-corrected chi connectivity index (χ3v) is 2.23. The van der Waals surface area contributed by atoms with Crippen LogP contribution in [0.5, 0.6) is 0 Å². The van der Waals surface area contributed by atoms with E-state index >= 15 is 0 Å². The zero-order chi connectivity index (χ0) is 10.6. The van der Waals surface area contributed by atoms with Crippen molar-refractivity contribution in [1.29, 1.82) is 0 Å². The van der Waals surface area contributed by atoms with Gasteiger partial charge in [0.1, 0.15) is 0 Å². The molecule has 0 amide bonds. The van der Waals surface area contributed by atoms with Crippen molar-refractivity contribution < 1.29 is 4.79 Å². The molecule has 0 aliphatic carbocycles. The van der Waals surface area contributed by atoms with E-state index in [-0.39, 0.29) is 25.2 Å². The topological polar surface area (TPSA) is 43.1 Å². The molecule has 15 heavy (non-hydrogen) atoms. The van der Waals surface area contributed by atoms with E-state index in [2.05, 4.69) is 0 Å². The highest BCUT2D eigenvalue weighted by atomic mass is 16.1. The van der Waals surface area contributed by atoms with Crippen LogP contribution in [0.15, 0.2) is 30.3 Å². The van der Waals surface area contributed by atoms with Crippen LogP contribution in [0.25, 0.3) is 0 Å². The molecule has 1 atom stereocenters. The van der Waals surface area contributed by atoms with E-state index in [4.69, 9.17) is 5.73 Å². The molecule has 0 radical (unpaired) electrons. The Morgan fingerprint density at radius 2 is 1.80 bits per heavy atom. The van der Waals surface area contributed by atoms with Gasteiger partial charge in [-0.15, -0.1) is 0 Å². The zero-order valence-corrected chi connectivity index (χ0v) is 8.73. The second-order valence-corrected chi connectivity index (χ2v) is 3.85. The van der Waals surface area contributed by atoms with Crippen LogP contribution in [0.2, 0.25) is 0 Å². The molecule has 1 rings (SSSR count). The summed E-state index contributed by atoms with van der Waals surface area (Å²) in [6.07, 6.45) is 0.637. The molecule has 0 saturated carbocycles. The number of ketones is 1. The maximum atomic E-state index is 11.5. The molecule has 0 saturated heterocycles. The van der Waals surface area contributed by atoms with Gasteiger partial charge in [0.25, 0.3) is 0 Å². The molecule has 1 aromatic rings. The molecule has 0 aliphatic rings. The standard InChI is InChI=1S/C12H17NO.CH4/c1-9(2)12(14)11(13)8-10-6-4-3-5-7-10;/h3-7,9,11H,8,13H2,1-2H3;1H4/t11-;/m0./s1. The zero-order valence-electron chi connectivity index (χ0n) is 8.73. The van der Waals surface area contributed by atoms with Crippen LogP contribution in [0.1, 0.15) is 26.8 Å². The quantitative estimate of drug-likeness (QED) is 0.824. The number of Topliss-reactive ketones (excluding diaryl/α,β-unsaturated/α-hetero) is 1. The molecule has 0 bridgehead atoms. The third kappa shape index (κ3) is 4.26. The first-order valence-electron chi connectivity index (χ1n) is 4.94. The minimum atomic E-state index is -0.364. The van der Waals surface area contributed by atoms with Crippen molar-refractivity contribution in [2.45, 2.75) is 33.7 Å². The maximum Gasteiger partial charge on any atom is 0.152 e. The normalized spacial score (nSPS) is 12.0. The van der Waals surface area contributed by atoms with Gasteiger partial charge in [0.15, 0.2) is 5.78 Å². The summed E-state index contributed by atoms with van der Waals surface area (Å²) in [5, 5.41) is 0. The molecule has 0 unspecified atom stereocenters. The fraction of sp³-hybridized carbons (Fsp3) is 0.462. The Morgan fingerprint density at radius 1 is 1.27 bits per heavy atom. The van der Waals surface area contributed by atoms with E-state index in [0.29, 0.717) is 6.42 Å². The van der Waals surface area contributed by atoms with Gasteiger partial charge in [-0.1, -0.05) is 51.6 Å². The lowest BCUT2D eigenvalue weighted by atomic mass is 9.97. The van der Waals surface area contributed by atoms with Crippen molar-refractivity contribution in [3.8, 4) is 0 Å². The lowest BCUT2D eigenvalue weighted by molar-refractivity contribution is -0.123. The largest absolute Gasteiger partial charge is 0.321 e. The summed E-state index contributed by atoms with van der Waals surface area (Å²) in [4.78, 5) is 11.5. The highest BCUT2D eigenvalue weighted by Crippen LogP contribution is 2.06. The molecule has 0 heterocycles. The minimum Gasteiger partial charge on any atom is -0.321 e. The first-order chi connectivity index (χ1) is 6.61. The number of benzene rings is 1. The van der Waals surface area contributed by atoms with E-state index in [9.17, 15) is 4.79 Å². The number of carbonyl (C=O) groups excluding carboxylic acids is 1. The summed E-state index contributed by atoms with van der Waals surface area (Å²) >= 11 is 0. The molecule has 0 fully saturated rings. The van der Waals surface area contributed by atoms with Crippen LogP contribution >= 0.6 is 0 Å². The van der Waals surface area contributed by atoms with Crippen molar-refractivity contribution in [3.05, 3.63) is 35.9 Å². The lowest BCUT2D eigenvalue weighted by Crippen LogP contribution is -2.35. The van der Waals surface area contributed by atoms with Crippen molar-refractivity contribution in [3.63, 3.8) is 0 Å². The third-order valence-electron chi connectivity index (χ3n) is 2.23. The molecule has 84 valence electrons. The van der Waals surface area contributed by atoms with Gasteiger partial charge in [0, 0.05) is 5.92 Å². The molecule has 1 aromatic carbocycles. The predicted octanol–water partition coefficient (Wildman–Crippen LogP) is 2.42. The van der Waals surface area contributed by atoms with Gasteiger partial charge in [-0.25, -0.2) is 0 Å². The van der Waals surface area contributed by atoms with Gasteiger partial charge in [-0.2, -0.15) is 0 Å². The average molecular weight is 207 g/mol. The van der Waals surface area contributed by atoms with Crippen LogP contribution in [0.3, 0.4) is 0 Å². The summed E-state index contributed by atoms with van der Waals surface area (Å²) in [5.74, 6) is 0.155. The first kappa shape index (κ1) is 13.8. The monoisotopic (exact) mass is 207 g/mol. The average Bonchev–Trinajstić information content (AvgIpc) is 2.18. The van der Waals surface area contributed by atoms with E-state index < -0.39 is 0 Å². The first-order valence-corrected chi connectivity index (χ1v) is 4.94. The molecular weight excluding hydrogens is 186 g/mol. The van der Waals surface area contributed by atoms with Crippen molar-refractivity contribution in [2.24, 2.45) is 11.7 Å². The minimum absolute atomic E-state index is 0. The maximum absolute atomic E-state index is 11.5. The summed E-state index contributed by atoms with van der Waals surface area (Å²) in [6, 6.07) is 9.50. The molecule has 0 aliphatic heterocycles. The second kappa shape index (κ2) is 6.36. The van der Waals surface area contributed by atoms with Gasteiger partial charge < -0.3 is 5.73 Å². The Balaban J connectivity index is 0.00000196. The van der Waals surface area contributed by atoms with Gasteiger partial charge in [0.05, 0.1) is 6.04 Å². The number of hydrogen-bond donors (Lipinski definition) is 1. The molecule has 0 spiro atoms. The molecular formula is C13H21NO. The van der Waals surface area contributed by atoms with E-state index in [0.717, 1.165) is 5.56 Å². The summed E-state index contributed by atoms with van der Waals surface area (Å²) < 4.78 is 0. The van der Waals surface area contributed by atoms with Crippen LogP contribution in [0, 0.1) is 5.92 Å². The SMILES string of the molecule is C.CC(C)C(=O)[C@@H](N)Cc1ccccc1. The highest BCUT2D eigenvalue weighted by Gasteiger charge is 2.16. The van der Waals surface area contributed by atoms with E-state index in [1.54, 1.807) is 0 Å². The van der Waals surface area contributed by atoms with Gasteiger partial charge in [0.2, 0.25) is 0 Å². The Labute approximate surface area is 92.5 Å². The van der Waals surface area contributed by atoms with Crippen LogP contribution in [-0.2, 0) is 11.2 Å². The molecule has 0 aromatic heterocycles. The molecule has 2 nitrogen and oxygen atoms in total. The summed E-state index contributed by atoms with van der Waals surface area (Å²) in [5.41, 5.74) is 6.92. The Bertz CT molecular complexity index is 293. The van der Waals surface area contributed by atoms with Crippen LogP contribution < -0.4 is 5.73 Å². The second-order valence-electron chi connectivity index (χ2n) is 3.85. The fourth-order valence-corrected chi connectivity index (χ4v) is 1.40. The van der Waals surface area contributed by atoms with E-state index in [1.807, 2.05) is 44.2 Å². The predicted molar refractivity (Wildman–Crippen MR) is 64.7 cm³/mol. The summed E-state index contributed by atoms with van der Waals surface area (Å²) in [6.45, 7) is 3.76. The number of hydrogen-bond acceptors (Lipinski definition) is 2. The van der Waals surface area contributed by atoms with Gasteiger partial charge in [-0.05, 0) is 12.0 Å². The Kier molecular flexibility index (Phi) is 5.87. The van der Waals surface area contributed by atoms with Gasteiger partial charge in [-0.3, -0.25) is 4.79 Å². The highest BCUT2D eigenvalue weighted by molar-refractivity contribution is 5.85. The van der Waals surface area contributed by atoms with Crippen LogP contribution in [-0.4, -0.2) is 11.8 Å². The van der Waals surface area contributed by atoms with Crippen molar-refractivity contribution in [2.75, 3.05) is 0 Å². The van der Waals surface area contributed by atoms with Crippen molar-refractivity contribution in [1.82, 2.24) is 0 Å². The number of nitrogens with two attached hydrogens (primary N) is 1. The van der Waals surface area contributed by atoms with Crippen LogP contribution in [0.4, 0.5) is 0 Å². The summed E-state index contributed by atoms with van der Waals surface area (Å²) in [7, 11) is 0. The molecule has 2 N–H and O–H groups in total. The van der Waals surface area contributed by atoms with E-state index in [1.165, 1.54) is 0 Å². The smallest absolute Gasteiger partial charge is 0.152 e. The Hall–Kier alpha value is -1.15. The lowest BCUT2D eigenvalue weighted by Gasteiger charge is -2.12. The van der Waals surface area contributed by atoms with Crippen molar-refractivity contribution >= 4 is 5.78 Å². The number of rotatable bonds is 4. The molecule has 2 heteroatoms.